The van der Waals surface area contributed by atoms with E-state index in [0.717, 1.165) is 10.2 Å². The lowest BCUT2D eigenvalue weighted by Crippen LogP contribution is -2.31. The first-order chi connectivity index (χ1) is 12.4. The van der Waals surface area contributed by atoms with E-state index in [4.69, 9.17) is 17.0 Å². The second-order valence-corrected chi connectivity index (χ2v) is 6.92. The summed E-state index contributed by atoms with van der Waals surface area (Å²) in [5, 5.41) is 10.4. The Morgan fingerprint density at radius 1 is 1.23 bits per heavy atom. The fourth-order valence-electron chi connectivity index (χ4n) is 2.63. The van der Waals surface area contributed by atoms with Crippen molar-refractivity contribution < 1.29 is 14.6 Å². The number of amides is 1. The molecule has 26 heavy (non-hydrogen) atoms. The molecular weight excluding hydrogens is 416 g/mol. The molecule has 0 aromatic heterocycles. The third-order valence-corrected chi connectivity index (χ3v) is 4.90. The number of hydrogen-bond acceptors (Lipinski definition) is 4. The lowest BCUT2D eigenvalue weighted by Gasteiger charge is -2.16. The topological polar surface area (TPSA) is 53.0 Å². The van der Waals surface area contributed by atoms with Gasteiger partial charge < -0.3 is 14.7 Å². The molecule has 1 N–H and O–H groups in total. The van der Waals surface area contributed by atoms with Crippen LogP contribution in [0, 0.1) is 0 Å². The minimum atomic E-state index is -0.249. The van der Waals surface area contributed by atoms with Gasteiger partial charge in [-0.05, 0) is 67.7 Å². The van der Waals surface area contributed by atoms with Crippen molar-refractivity contribution in [3.05, 3.63) is 58.2 Å². The van der Waals surface area contributed by atoms with Crippen molar-refractivity contribution >= 4 is 50.9 Å². The molecule has 1 aliphatic heterocycles. The van der Waals surface area contributed by atoms with Gasteiger partial charge in [0.15, 0.2) is 5.11 Å². The second kappa shape index (κ2) is 7.47. The molecular formula is C19H17BrN2O3S. The Balaban J connectivity index is 1.96. The number of benzene rings is 2. The number of rotatable bonds is 4. The van der Waals surface area contributed by atoms with Gasteiger partial charge in [-0.25, -0.2) is 0 Å². The van der Waals surface area contributed by atoms with Gasteiger partial charge >= 0.3 is 0 Å². The number of halogens is 1. The van der Waals surface area contributed by atoms with E-state index in [2.05, 4.69) is 15.9 Å². The highest BCUT2D eigenvalue weighted by Crippen LogP contribution is 2.31. The number of phenolic OH excluding ortho intramolecular Hbond substituents is 1. The van der Waals surface area contributed by atoms with E-state index in [1.54, 1.807) is 60.5 Å². The van der Waals surface area contributed by atoms with Gasteiger partial charge in [0.25, 0.3) is 5.91 Å². The van der Waals surface area contributed by atoms with Crippen LogP contribution in [0.4, 0.5) is 5.69 Å². The monoisotopic (exact) mass is 432 g/mol. The molecule has 134 valence electrons. The van der Waals surface area contributed by atoms with E-state index in [9.17, 15) is 9.90 Å². The van der Waals surface area contributed by atoms with Crippen molar-refractivity contribution in [2.75, 3.05) is 18.6 Å². The van der Waals surface area contributed by atoms with Gasteiger partial charge in [-0.2, -0.15) is 0 Å². The maximum absolute atomic E-state index is 12.9. The number of carbonyl (C=O) groups excluding carboxylic acids is 1. The number of thiocarbonyl (C=S) groups is 1. The van der Waals surface area contributed by atoms with Crippen LogP contribution >= 0.6 is 28.1 Å². The summed E-state index contributed by atoms with van der Waals surface area (Å²) in [6.45, 7) is 2.49. The van der Waals surface area contributed by atoms with Gasteiger partial charge in [-0.15, -0.1) is 0 Å². The van der Waals surface area contributed by atoms with Crippen LogP contribution in [-0.4, -0.2) is 34.7 Å². The zero-order chi connectivity index (χ0) is 18.8. The standard InChI is InChI=1S/C19H17BrN2O3S/c1-3-25-15-7-5-14(6-8-15)22-18(24)16(21(2)19(22)26)11-12-10-13(20)4-9-17(12)23/h4-11,23H,3H2,1-2H3/b16-11-. The normalized spacial score (nSPS) is 15.9. The number of likely N-dealkylation sites (N-methyl/N-ethyl adjacent to an activating group) is 1. The van der Waals surface area contributed by atoms with E-state index in [1.165, 1.54) is 4.90 Å². The minimum absolute atomic E-state index is 0.0901. The van der Waals surface area contributed by atoms with Crippen LogP contribution in [0.3, 0.4) is 0 Å². The van der Waals surface area contributed by atoms with Crippen LogP contribution in [0.2, 0.25) is 0 Å². The molecule has 0 radical (unpaired) electrons. The predicted molar refractivity (Wildman–Crippen MR) is 109 cm³/mol. The van der Waals surface area contributed by atoms with E-state index in [0.29, 0.717) is 28.7 Å². The van der Waals surface area contributed by atoms with E-state index < -0.39 is 0 Å². The highest BCUT2D eigenvalue weighted by Gasteiger charge is 2.36. The third kappa shape index (κ3) is 3.45. The molecule has 7 heteroatoms. The number of carbonyl (C=O) groups is 1. The maximum atomic E-state index is 12.9. The summed E-state index contributed by atoms with van der Waals surface area (Å²) in [4.78, 5) is 16.0. The summed E-state index contributed by atoms with van der Waals surface area (Å²) in [6.07, 6.45) is 1.63. The zero-order valence-electron chi connectivity index (χ0n) is 14.3. The van der Waals surface area contributed by atoms with Crippen LogP contribution in [0.25, 0.3) is 6.08 Å². The molecule has 1 heterocycles. The molecule has 1 aliphatic rings. The van der Waals surface area contributed by atoms with Gasteiger partial charge in [0.1, 0.15) is 17.2 Å². The maximum Gasteiger partial charge on any atom is 0.281 e. The van der Waals surface area contributed by atoms with E-state index >= 15 is 0 Å². The molecule has 5 nitrogen and oxygen atoms in total. The molecule has 0 bridgehead atoms. The molecule has 0 saturated carbocycles. The van der Waals surface area contributed by atoms with Crippen LogP contribution in [0.15, 0.2) is 52.6 Å². The average Bonchev–Trinajstić information content (AvgIpc) is 2.83. The van der Waals surface area contributed by atoms with Crippen molar-refractivity contribution in [2.24, 2.45) is 0 Å². The lowest BCUT2D eigenvalue weighted by atomic mass is 10.1. The number of hydrogen-bond donors (Lipinski definition) is 1. The molecule has 0 unspecified atom stereocenters. The summed E-state index contributed by atoms with van der Waals surface area (Å²) >= 11 is 8.81. The van der Waals surface area contributed by atoms with Crippen molar-refractivity contribution in [1.29, 1.82) is 0 Å². The predicted octanol–water partition coefficient (Wildman–Crippen LogP) is 4.16. The SMILES string of the molecule is CCOc1ccc(N2C(=O)/C(=C/c3cc(Br)ccc3O)N(C)C2=S)cc1. The number of phenols is 1. The van der Waals surface area contributed by atoms with Crippen LogP contribution in [0.1, 0.15) is 12.5 Å². The first kappa shape index (κ1) is 18.4. The summed E-state index contributed by atoms with van der Waals surface area (Å²) < 4.78 is 6.24. The number of ether oxygens (including phenoxy) is 1. The molecule has 3 rings (SSSR count). The molecule has 0 atom stereocenters. The van der Waals surface area contributed by atoms with Gasteiger partial charge in [-0.1, -0.05) is 15.9 Å². The summed E-state index contributed by atoms with van der Waals surface area (Å²) in [6, 6.07) is 12.2. The van der Waals surface area contributed by atoms with E-state index in [1.807, 2.05) is 6.92 Å². The molecule has 1 fully saturated rings. The molecule has 1 amide bonds. The number of nitrogens with zero attached hydrogens (tertiary/aromatic N) is 2. The smallest absolute Gasteiger partial charge is 0.281 e. The van der Waals surface area contributed by atoms with Crippen LogP contribution < -0.4 is 9.64 Å². The van der Waals surface area contributed by atoms with Gasteiger partial charge in [0.2, 0.25) is 0 Å². The molecule has 0 aliphatic carbocycles. The fraction of sp³-hybridized carbons (Fsp3) is 0.158. The zero-order valence-corrected chi connectivity index (χ0v) is 16.7. The van der Waals surface area contributed by atoms with Crippen LogP contribution in [0.5, 0.6) is 11.5 Å². The van der Waals surface area contributed by atoms with Crippen LogP contribution in [-0.2, 0) is 4.79 Å². The minimum Gasteiger partial charge on any atom is -0.507 e. The highest BCUT2D eigenvalue weighted by molar-refractivity contribution is 9.10. The lowest BCUT2D eigenvalue weighted by molar-refractivity contribution is -0.114. The summed E-state index contributed by atoms with van der Waals surface area (Å²) in [5.74, 6) is 0.574. The van der Waals surface area contributed by atoms with Crippen molar-refractivity contribution in [2.45, 2.75) is 6.92 Å². The number of aromatic hydroxyl groups is 1. The van der Waals surface area contributed by atoms with Gasteiger partial charge in [-0.3, -0.25) is 9.69 Å². The van der Waals surface area contributed by atoms with Crippen molar-refractivity contribution in [3.63, 3.8) is 0 Å². The Hall–Kier alpha value is -2.38. The highest BCUT2D eigenvalue weighted by atomic mass is 79.9. The first-order valence-electron chi connectivity index (χ1n) is 7.97. The van der Waals surface area contributed by atoms with Gasteiger partial charge in [0, 0.05) is 17.1 Å². The average molecular weight is 433 g/mol. The Bertz CT molecular complexity index is 896. The Morgan fingerprint density at radius 2 is 1.92 bits per heavy atom. The summed E-state index contributed by atoms with van der Waals surface area (Å²) in [7, 11) is 1.73. The largest absolute Gasteiger partial charge is 0.507 e. The third-order valence-electron chi connectivity index (χ3n) is 3.95. The Morgan fingerprint density at radius 3 is 2.58 bits per heavy atom. The first-order valence-corrected chi connectivity index (χ1v) is 9.17. The Kier molecular flexibility index (Phi) is 5.29. The fourth-order valence-corrected chi connectivity index (χ4v) is 3.30. The molecule has 0 spiro atoms. The van der Waals surface area contributed by atoms with Gasteiger partial charge in [0.05, 0.1) is 12.3 Å². The van der Waals surface area contributed by atoms with Crippen molar-refractivity contribution in [3.8, 4) is 11.5 Å². The van der Waals surface area contributed by atoms with E-state index in [-0.39, 0.29) is 11.7 Å². The molecule has 1 saturated heterocycles. The number of anilines is 1. The Labute approximate surface area is 165 Å². The van der Waals surface area contributed by atoms with Crippen molar-refractivity contribution in [1.82, 2.24) is 4.90 Å². The quantitative estimate of drug-likeness (QED) is 0.580. The molecule has 2 aromatic rings. The summed E-state index contributed by atoms with van der Waals surface area (Å²) in [5.41, 5.74) is 1.58. The second-order valence-electron chi connectivity index (χ2n) is 5.64. The molecule has 2 aromatic carbocycles.